The Morgan fingerprint density at radius 2 is 1.81 bits per heavy atom. The van der Waals surface area contributed by atoms with Crippen molar-refractivity contribution in [2.24, 2.45) is 0 Å². The Labute approximate surface area is 248 Å². The van der Waals surface area contributed by atoms with Gasteiger partial charge in [0.2, 0.25) is 5.91 Å². The Balaban J connectivity index is 1.15. The quantitative estimate of drug-likeness (QED) is 0.312. The number of carbonyl (C=O) groups excluding carboxylic acids is 1. The minimum Gasteiger partial charge on any atom is -0.455 e. The average Bonchev–Trinajstić information content (AvgIpc) is 3.48. The van der Waals surface area contributed by atoms with Gasteiger partial charge in [0.15, 0.2) is 0 Å². The van der Waals surface area contributed by atoms with Crippen LogP contribution in [-0.2, 0) is 36.9 Å². The molecule has 3 aromatic heterocycles. The summed E-state index contributed by atoms with van der Waals surface area (Å²) in [5, 5.41) is 0.847. The molecular weight excluding hydrogens is 557 g/mol. The Morgan fingerprint density at radius 3 is 2.58 bits per heavy atom. The number of aromatic amines is 1. The summed E-state index contributed by atoms with van der Waals surface area (Å²) in [4.78, 5) is 31.5. The summed E-state index contributed by atoms with van der Waals surface area (Å²) in [5.41, 5.74) is 3.18. The molecule has 2 aliphatic rings. The van der Waals surface area contributed by atoms with Crippen LogP contribution in [0.2, 0.25) is 0 Å². The van der Waals surface area contributed by atoms with Crippen LogP contribution in [0.1, 0.15) is 40.6 Å². The second kappa shape index (κ2) is 12.0. The van der Waals surface area contributed by atoms with Crippen molar-refractivity contribution in [2.75, 3.05) is 39.3 Å². The molecule has 2 aliphatic heterocycles. The van der Waals surface area contributed by atoms with Gasteiger partial charge < -0.3 is 19.5 Å². The van der Waals surface area contributed by atoms with E-state index in [1.165, 1.54) is 0 Å². The van der Waals surface area contributed by atoms with Gasteiger partial charge in [-0.2, -0.15) is 13.2 Å². The summed E-state index contributed by atoms with van der Waals surface area (Å²) < 4.78 is 48.5. The highest BCUT2D eigenvalue weighted by molar-refractivity contribution is 5.82. The van der Waals surface area contributed by atoms with Crippen molar-refractivity contribution in [3.05, 3.63) is 82.4 Å². The van der Waals surface area contributed by atoms with Gasteiger partial charge in [-0.3, -0.25) is 14.7 Å². The van der Waals surface area contributed by atoms with Crippen molar-refractivity contribution in [3.8, 4) is 11.5 Å². The molecule has 0 radical (unpaired) electrons. The lowest BCUT2D eigenvalue weighted by Gasteiger charge is -2.34. The first-order chi connectivity index (χ1) is 20.7. The number of halogens is 3. The third kappa shape index (κ3) is 6.37. The zero-order valence-corrected chi connectivity index (χ0v) is 24.4. The zero-order chi connectivity index (χ0) is 30.1. The SMILES string of the molecule is CCN1CCN(Cc2ccc(CC(=O)N3CCc4nc(C)c(Oc5ccnc6[nH]ccc56)cc4C3)cc2C(F)(F)F)CC1. The molecule has 43 heavy (non-hydrogen) atoms. The first-order valence-electron chi connectivity index (χ1n) is 14.7. The number of H-pyrrole nitrogens is 1. The number of amides is 1. The summed E-state index contributed by atoms with van der Waals surface area (Å²) in [7, 11) is 0. The van der Waals surface area contributed by atoms with Crippen LogP contribution in [0.3, 0.4) is 0 Å². The fourth-order valence-corrected chi connectivity index (χ4v) is 5.94. The van der Waals surface area contributed by atoms with Gasteiger partial charge in [-0.05, 0) is 54.4 Å². The summed E-state index contributed by atoms with van der Waals surface area (Å²) in [6.07, 6.45) is -0.563. The van der Waals surface area contributed by atoms with Crippen LogP contribution in [0.15, 0.2) is 48.8 Å². The number of nitrogens with one attached hydrogen (secondary N) is 1. The van der Waals surface area contributed by atoms with Crippen LogP contribution in [0, 0.1) is 6.92 Å². The number of rotatable bonds is 7. The number of pyridine rings is 2. The van der Waals surface area contributed by atoms with E-state index in [0.29, 0.717) is 36.6 Å². The highest BCUT2D eigenvalue weighted by atomic mass is 19.4. The topological polar surface area (TPSA) is 77.6 Å². The first-order valence-corrected chi connectivity index (χ1v) is 14.7. The smallest absolute Gasteiger partial charge is 0.416 e. The van der Waals surface area contributed by atoms with E-state index in [-0.39, 0.29) is 24.4 Å². The number of carbonyl (C=O) groups is 1. The number of hydrogen-bond acceptors (Lipinski definition) is 6. The van der Waals surface area contributed by atoms with Gasteiger partial charge in [-0.25, -0.2) is 4.98 Å². The number of ether oxygens (including phenoxy) is 1. The Bertz CT molecular complexity index is 1630. The van der Waals surface area contributed by atoms with Gasteiger partial charge >= 0.3 is 6.18 Å². The summed E-state index contributed by atoms with van der Waals surface area (Å²) >= 11 is 0. The lowest BCUT2D eigenvalue weighted by Crippen LogP contribution is -2.45. The molecule has 1 N–H and O–H groups in total. The first kappa shape index (κ1) is 29.1. The van der Waals surface area contributed by atoms with Crippen molar-refractivity contribution in [2.45, 2.75) is 46.0 Å². The Morgan fingerprint density at radius 1 is 1.02 bits per heavy atom. The fraction of sp³-hybridized carbons (Fsp3) is 0.406. The number of fused-ring (bicyclic) bond motifs is 2. The van der Waals surface area contributed by atoms with Crippen molar-refractivity contribution in [1.82, 2.24) is 29.7 Å². The number of hydrogen-bond donors (Lipinski definition) is 1. The van der Waals surface area contributed by atoms with Gasteiger partial charge in [-0.1, -0.05) is 19.1 Å². The largest absolute Gasteiger partial charge is 0.455 e. The highest BCUT2D eigenvalue weighted by Crippen LogP contribution is 2.35. The lowest BCUT2D eigenvalue weighted by atomic mass is 9.99. The summed E-state index contributed by atoms with van der Waals surface area (Å²) in [5.74, 6) is 1.02. The van der Waals surface area contributed by atoms with Crippen LogP contribution >= 0.6 is 0 Å². The molecule has 0 atom stereocenters. The van der Waals surface area contributed by atoms with E-state index in [1.54, 1.807) is 35.5 Å². The Hall–Kier alpha value is -3.96. The summed E-state index contributed by atoms with van der Waals surface area (Å²) in [6.45, 7) is 9.13. The van der Waals surface area contributed by atoms with E-state index >= 15 is 0 Å². The van der Waals surface area contributed by atoms with Crippen molar-refractivity contribution in [1.29, 1.82) is 0 Å². The van der Waals surface area contributed by atoms with E-state index in [1.807, 2.05) is 19.1 Å². The number of nitrogens with zero attached hydrogens (tertiary/aromatic N) is 5. The van der Waals surface area contributed by atoms with Gasteiger partial charge in [0.05, 0.1) is 23.1 Å². The van der Waals surface area contributed by atoms with Crippen LogP contribution in [0.4, 0.5) is 13.2 Å². The van der Waals surface area contributed by atoms with Gasteiger partial charge in [0.1, 0.15) is 17.1 Å². The molecule has 11 heteroatoms. The number of likely N-dealkylation sites (N-methyl/N-ethyl adjacent to an activating group) is 1. The second-order valence-electron chi connectivity index (χ2n) is 11.3. The van der Waals surface area contributed by atoms with Crippen LogP contribution in [0.5, 0.6) is 11.5 Å². The molecule has 8 nitrogen and oxygen atoms in total. The normalized spacial score (nSPS) is 16.4. The van der Waals surface area contributed by atoms with E-state index < -0.39 is 11.7 Å². The molecule has 0 bridgehead atoms. The van der Waals surface area contributed by atoms with Crippen LogP contribution in [0.25, 0.3) is 11.0 Å². The number of piperazine rings is 1. The molecule has 0 aliphatic carbocycles. The lowest BCUT2D eigenvalue weighted by molar-refractivity contribution is -0.138. The van der Waals surface area contributed by atoms with E-state index in [9.17, 15) is 18.0 Å². The maximum absolute atomic E-state index is 14.1. The minimum absolute atomic E-state index is 0.0982. The van der Waals surface area contributed by atoms with Crippen molar-refractivity contribution in [3.63, 3.8) is 0 Å². The predicted octanol–water partition coefficient (Wildman–Crippen LogP) is 5.34. The molecular formula is C32H35F3N6O2. The molecule has 1 saturated heterocycles. The molecule has 1 aromatic carbocycles. The highest BCUT2D eigenvalue weighted by Gasteiger charge is 2.34. The maximum atomic E-state index is 14.1. The van der Waals surface area contributed by atoms with E-state index in [2.05, 4.69) is 26.7 Å². The third-order valence-electron chi connectivity index (χ3n) is 8.45. The number of alkyl halides is 3. The number of aryl methyl sites for hydroxylation is 1. The van der Waals surface area contributed by atoms with Gasteiger partial charge in [0.25, 0.3) is 0 Å². The molecule has 0 saturated carbocycles. The zero-order valence-electron chi connectivity index (χ0n) is 24.4. The molecule has 0 unspecified atom stereocenters. The van der Waals surface area contributed by atoms with Crippen LogP contribution in [-0.4, -0.2) is 74.8 Å². The maximum Gasteiger partial charge on any atom is 0.416 e. The van der Waals surface area contributed by atoms with E-state index in [4.69, 9.17) is 9.72 Å². The van der Waals surface area contributed by atoms with Gasteiger partial charge in [-0.15, -0.1) is 0 Å². The van der Waals surface area contributed by atoms with Crippen LogP contribution < -0.4 is 4.74 Å². The molecule has 5 heterocycles. The van der Waals surface area contributed by atoms with Crippen molar-refractivity contribution < 1.29 is 22.7 Å². The van der Waals surface area contributed by atoms with Crippen molar-refractivity contribution >= 4 is 16.9 Å². The fourth-order valence-electron chi connectivity index (χ4n) is 5.94. The predicted molar refractivity (Wildman–Crippen MR) is 157 cm³/mol. The molecule has 1 amide bonds. The molecule has 4 aromatic rings. The number of benzene rings is 1. The minimum atomic E-state index is -4.50. The summed E-state index contributed by atoms with van der Waals surface area (Å²) in [6, 6.07) is 9.95. The third-order valence-corrected chi connectivity index (χ3v) is 8.45. The van der Waals surface area contributed by atoms with E-state index in [0.717, 1.165) is 66.8 Å². The molecule has 6 rings (SSSR count). The number of aromatic nitrogens is 3. The molecule has 0 spiro atoms. The standard InChI is InChI=1S/C32H35F3N6O2/c1-3-39-12-14-40(15-13-39)19-23-5-4-22(16-26(23)32(33,34)35)17-30(42)41-11-8-27-24(20-41)18-29(21(2)38-27)43-28-7-10-37-31-25(28)6-9-36-31/h4-7,9-10,16,18H,3,8,11-15,17,19-20H2,1-2H3,(H,36,37). The average molecular weight is 593 g/mol. The molecule has 1 fully saturated rings. The second-order valence-corrected chi connectivity index (χ2v) is 11.3. The van der Waals surface area contributed by atoms with Gasteiger partial charge in [0, 0.05) is 70.3 Å². The Kier molecular flexibility index (Phi) is 8.11. The monoisotopic (exact) mass is 592 g/mol. The molecule has 226 valence electrons.